The van der Waals surface area contributed by atoms with Crippen LogP contribution in [0.5, 0.6) is 0 Å². The molecule has 0 unspecified atom stereocenters. The molecule has 5 heteroatoms. The van der Waals surface area contributed by atoms with E-state index in [-0.39, 0.29) is 5.56 Å². The molecule has 0 amide bonds. The summed E-state index contributed by atoms with van der Waals surface area (Å²) in [4.78, 5) is 0.582. The van der Waals surface area contributed by atoms with Crippen LogP contribution < -0.4 is 5.32 Å². The SMILES string of the molecule is CC(=S)Nc1ccc(CC(F)(F)F)cc1. The van der Waals surface area contributed by atoms with Crippen LogP contribution in [0.4, 0.5) is 18.9 Å². The minimum atomic E-state index is -4.16. The van der Waals surface area contributed by atoms with Gasteiger partial charge in [-0.05, 0) is 24.6 Å². The van der Waals surface area contributed by atoms with Gasteiger partial charge in [-0.15, -0.1) is 0 Å². The number of halogens is 3. The van der Waals surface area contributed by atoms with Gasteiger partial charge < -0.3 is 5.32 Å². The van der Waals surface area contributed by atoms with Gasteiger partial charge in [0.1, 0.15) is 0 Å². The molecular weight excluding hydrogens is 223 g/mol. The molecule has 0 fully saturated rings. The first-order chi connectivity index (χ1) is 6.87. The predicted molar refractivity (Wildman–Crippen MR) is 58.1 cm³/mol. The first-order valence-electron chi connectivity index (χ1n) is 4.30. The normalized spacial score (nSPS) is 11.2. The molecule has 1 rings (SSSR count). The molecule has 1 aromatic carbocycles. The number of alkyl halides is 3. The van der Waals surface area contributed by atoms with E-state index in [1.165, 1.54) is 12.1 Å². The third-order valence-corrected chi connectivity index (χ3v) is 1.78. The number of anilines is 1. The standard InChI is InChI=1S/C10H10F3NS/c1-7(15)14-9-4-2-8(3-5-9)6-10(11,12)13/h2-5H,6H2,1H3,(H,14,15). The molecule has 0 aliphatic carbocycles. The van der Waals surface area contributed by atoms with E-state index < -0.39 is 12.6 Å². The molecule has 0 saturated carbocycles. The fourth-order valence-electron chi connectivity index (χ4n) is 1.14. The van der Waals surface area contributed by atoms with E-state index in [0.717, 1.165) is 0 Å². The van der Waals surface area contributed by atoms with Crippen molar-refractivity contribution in [2.75, 3.05) is 5.32 Å². The van der Waals surface area contributed by atoms with E-state index in [9.17, 15) is 13.2 Å². The largest absolute Gasteiger partial charge is 0.393 e. The summed E-state index contributed by atoms with van der Waals surface area (Å²) >= 11 is 4.81. The maximum absolute atomic E-state index is 12.0. The monoisotopic (exact) mass is 233 g/mol. The Bertz CT molecular complexity index is 343. The first-order valence-corrected chi connectivity index (χ1v) is 4.71. The summed E-state index contributed by atoms with van der Waals surface area (Å²) < 4.78 is 36.0. The van der Waals surface area contributed by atoms with Crippen molar-refractivity contribution in [1.82, 2.24) is 0 Å². The lowest BCUT2D eigenvalue weighted by molar-refractivity contribution is -0.127. The van der Waals surface area contributed by atoms with E-state index in [0.29, 0.717) is 10.7 Å². The molecular formula is C10H10F3NS. The number of hydrogen-bond acceptors (Lipinski definition) is 1. The summed E-state index contributed by atoms with van der Waals surface area (Å²) in [6.07, 6.45) is -5.06. The third kappa shape index (κ3) is 4.78. The Morgan fingerprint density at radius 1 is 1.27 bits per heavy atom. The van der Waals surface area contributed by atoms with E-state index >= 15 is 0 Å². The highest BCUT2D eigenvalue weighted by Crippen LogP contribution is 2.22. The molecule has 0 spiro atoms. The Morgan fingerprint density at radius 3 is 2.20 bits per heavy atom. The highest BCUT2D eigenvalue weighted by Gasteiger charge is 2.27. The minimum Gasteiger partial charge on any atom is -0.350 e. The number of hydrogen-bond donors (Lipinski definition) is 1. The van der Waals surface area contributed by atoms with Crippen molar-refractivity contribution in [1.29, 1.82) is 0 Å². The van der Waals surface area contributed by atoms with Crippen LogP contribution in [0.3, 0.4) is 0 Å². The number of thiocarbonyl (C=S) groups is 1. The molecule has 1 nitrogen and oxygen atoms in total. The summed E-state index contributed by atoms with van der Waals surface area (Å²) in [5.41, 5.74) is 0.948. The zero-order chi connectivity index (χ0) is 11.5. The molecule has 0 aliphatic heterocycles. The minimum absolute atomic E-state index is 0.245. The van der Waals surface area contributed by atoms with Crippen molar-refractivity contribution in [2.24, 2.45) is 0 Å². The highest BCUT2D eigenvalue weighted by atomic mass is 32.1. The van der Waals surface area contributed by atoms with Crippen LogP contribution in [0.15, 0.2) is 24.3 Å². The van der Waals surface area contributed by atoms with E-state index in [1.807, 2.05) is 0 Å². The molecule has 0 aliphatic rings. The van der Waals surface area contributed by atoms with Gasteiger partial charge in [-0.2, -0.15) is 13.2 Å². The fourth-order valence-corrected chi connectivity index (χ4v) is 1.26. The van der Waals surface area contributed by atoms with Crippen LogP contribution in [0.2, 0.25) is 0 Å². The third-order valence-electron chi connectivity index (χ3n) is 1.68. The van der Waals surface area contributed by atoms with Crippen molar-refractivity contribution in [3.63, 3.8) is 0 Å². The van der Waals surface area contributed by atoms with Gasteiger partial charge >= 0.3 is 6.18 Å². The topological polar surface area (TPSA) is 12.0 Å². The average molecular weight is 233 g/mol. The Morgan fingerprint density at radius 2 is 1.80 bits per heavy atom. The number of rotatable bonds is 2. The molecule has 0 heterocycles. The summed E-state index contributed by atoms with van der Waals surface area (Å²) in [7, 11) is 0. The Balaban J connectivity index is 2.68. The van der Waals surface area contributed by atoms with Gasteiger partial charge in [0.05, 0.1) is 11.4 Å². The van der Waals surface area contributed by atoms with Crippen LogP contribution in [-0.4, -0.2) is 11.2 Å². The molecule has 1 N–H and O–H groups in total. The molecule has 82 valence electrons. The van der Waals surface area contributed by atoms with Crippen molar-refractivity contribution < 1.29 is 13.2 Å². The summed E-state index contributed by atoms with van der Waals surface area (Å²) in [6.45, 7) is 1.71. The van der Waals surface area contributed by atoms with Gasteiger partial charge in [0.25, 0.3) is 0 Å². The molecule has 15 heavy (non-hydrogen) atoms. The maximum Gasteiger partial charge on any atom is 0.393 e. The summed E-state index contributed by atoms with van der Waals surface area (Å²) in [5, 5.41) is 2.85. The van der Waals surface area contributed by atoms with Crippen molar-refractivity contribution in [2.45, 2.75) is 19.5 Å². The molecule has 0 bridgehead atoms. The molecule has 0 saturated heterocycles. The highest BCUT2D eigenvalue weighted by molar-refractivity contribution is 7.80. The Hall–Kier alpha value is -1.10. The summed E-state index contributed by atoms with van der Waals surface area (Å²) in [6, 6.07) is 6.04. The van der Waals surface area contributed by atoms with Gasteiger partial charge in [-0.25, -0.2) is 0 Å². The van der Waals surface area contributed by atoms with E-state index in [1.54, 1.807) is 19.1 Å². The van der Waals surface area contributed by atoms with Gasteiger partial charge in [0, 0.05) is 5.69 Å². The smallest absolute Gasteiger partial charge is 0.350 e. The lowest BCUT2D eigenvalue weighted by atomic mass is 10.1. The molecule has 1 aromatic rings. The summed E-state index contributed by atoms with van der Waals surface area (Å²) in [5.74, 6) is 0. The zero-order valence-corrected chi connectivity index (χ0v) is 8.88. The van der Waals surface area contributed by atoms with Crippen LogP contribution in [0, 0.1) is 0 Å². The molecule has 0 radical (unpaired) electrons. The molecule has 0 atom stereocenters. The lowest BCUT2D eigenvalue weighted by Gasteiger charge is -2.08. The van der Waals surface area contributed by atoms with Gasteiger partial charge in [0.15, 0.2) is 0 Å². The number of benzene rings is 1. The predicted octanol–water partition coefficient (Wildman–Crippen LogP) is 3.55. The Labute approximate surface area is 91.3 Å². The quantitative estimate of drug-likeness (QED) is 0.784. The van der Waals surface area contributed by atoms with Gasteiger partial charge in [-0.3, -0.25) is 0 Å². The van der Waals surface area contributed by atoms with Crippen LogP contribution in [-0.2, 0) is 6.42 Å². The van der Waals surface area contributed by atoms with Crippen LogP contribution >= 0.6 is 12.2 Å². The van der Waals surface area contributed by atoms with E-state index in [2.05, 4.69) is 5.32 Å². The van der Waals surface area contributed by atoms with E-state index in [4.69, 9.17) is 12.2 Å². The second-order valence-electron chi connectivity index (χ2n) is 3.17. The first kappa shape index (κ1) is 12.0. The Kier molecular flexibility index (Phi) is 3.68. The average Bonchev–Trinajstić information content (AvgIpc) is 2.05. The van der Waals surface area contributed by atoms with Gasteiger partial charge in [0.2, 0.25) is 0 Å². The maximum atomic E-state index is 12.0. The van der Waals surface area contributed by atoms with Crippen molar-refractivity contribution in [3.8, 4) is 0 Å². The molecule has 0 aromatic heterocycles. The number of nitrogens with one attached hydrogen (secondary N) is 1. The second-order valence-corrected chi connectivity index (χ2v) is 3.78. The van der Waals surface area contributed by atoms with Gasteiger partial charge in [-0.1, -0.05) is 24.4 Å². The lowest BCUT2D eigenvalue weighted by Crippen LogP contribution is -2.11. The van der Waals surface area contributed by atoms with Crippen LogP contribution in [0.1, 0.15) is 12.5 Å². The fraction of sp³-hybridized carbons (Fsp3) is 0.300. The second kappa shape index (κ2) is 4.61. The zero-order valence-electron chi connectivity index (χ0n) is 8.06. The van der Waals surface area contributed by atoms with Crippen LogP contribution in [0.25, 0.3) is 0 Å². The van der Waals surface area contributed by atoms with Crippen molar-refractivity contribution in [3.05, 3.63) is 29.8 Å². The van der Waals surface area contributed by atoms with Crippen molar-refractivity contribution >= 4 is 22.9 Å².